The number of rotatable bonds is 15. The highest BCUT2D eigenvalue weighted by Crippen LogP contribution is 1.94. The van der Waals surface area contributed by atoms with Gasteiger partial charge < -0.3 is 18.9 Å². The van der Waals surface area contributed by atoms with E-state index >= 15 is 0 Å². The number of hydrogen-bond acceptors (Lipinski definition) is 5. The molecule has 0 aromatic carbocycles. The third kappa shape index (κ3) is 15.4. The van der Waals surface area contributed by atoms with Gasteiger partial charge in [-0.2, -0.15) is 0 Å². The minimum Gasteiger partial charge on any atom is -0.463 e. The molecule has 0 aliphatic rings. The first kappa shape index (κ1) is 19.4. The molecule has 5 heteroatoms. The van der Waals surface area contributed by atoms with Crippen molar-refractivity contribution in [1.29, 1.82) is 0 Å². The van der Waals surface area contributed by atoms with Crippen molar-refractivity contribution in [2.45, 2.75) is 46.0 Å². The second-order valence-corrected chi connectivity index (χ2v) is 4.51. The molecule has 0 saturated heterocycles. The third-order valence-electron chi connectivity index (χ3n) is 2.58. The van der Waals surface area contributed by atoms with Crippen molar-refractivity contribution < 1.29 is 23.7 Å². The van der Waals surface area contributed by atoms with Crippen LogP contribution < -0.4 is 0 Å². The van der Waals surface area contributed by atoms with Crippen LogP contribution in [0.5, 0.6) is 0 Å². The van der Waals surface area contributed by atoms with E-state index in [0.29, 0.717) is 46.1 Å². The van der Waals surface area contributed by atoms with Crippen LogP contribution >= 0.6 is 0 Å². The maximum absolute atomic E-state index is 11.0. The van der Waals surface area contributed by atoms with E-state index in [-0.39, 0.29) is 5.97 Å². The monoisotopic (exact) mass is 290 g/mol. The smallest absolute Gasteiger partial charge is 0.305 e. The molecule has 0 spiro atoms. The van der Waals surface area contributed by atoms with Crippen LogP contribution in [0.4, 0.5) is 0 Å². The molecular weight excluding hydrogens is 260 g/mol. The van der Waals surface area contributed by atoms with Crippen molar-refractivity contribution >= 4 is 5.97 Å². The summed E-state index contributed by atoms with van der Waals surface area (Å²) in [5, 5.41) is 0. The molecule has 0 N–H and O–H groups in total. The average molecular weight is 290 g/mol. The second kappa shape index (κ2) is 16.4. The molecule has 0 rings (SSSR count). The lowest BCUT2D eigenvalue weighted by Crippen LogP contribution is -2.13. The van der Waals surface area contributed by atoms with Crippen molar-refractivity contribution in [3.63, 3.8) is 0 Å². The zero-order valence-electron chi connectivity index (χ0n) is 13.0. The Morgan fingerprint density at radius 1 is 0.700 bits per heavy atom. The molecule has 0 aliphatic heterocycles. The Morgan fingerprint density at radius 2 is 1.25 bits per heavy atom. The first-order valence-corrected chi connectivity index (χ1v) is 7.70. The molecule has 0 aromatic heterocycles. The van der Waals surface area contributed by atoms with Gasteiger partial charge in [0.1, 0.15) is 6.61 Å². The van der Waals surface area contributed by atoms with Gasteiger partial charge in [-0.05, 0) is 12.8 Å². The van der Waals surface area contributed by atoms with E-state index in [0.717, 1.165) is 19.4 Å². The molecule has 0 saturated carbocycles. The summed E-state index contributed by atoms with van der Waals surface area (Å²) < 4.78 is 21.0. The highest BCUT2D eigenvalue weighted by atomic mass is 16.6. The number of unbranched alkanes of at least 4 members (excludes halogenated alkanes) is 2. The largest absolute Gasteiger partial charge is 0.463 e. The molecule has 0 atom stereocenters. The fourth-order valence-corrected chi connectivity index (χ4v) is 1.49. The van der Waals surface area contributed by atoms with Crippen molar-refractivity contribution in [3.05, 3.63) is 0 Å². The van der Waals surface area contributed by atoms with E-state index in [1.54, 1.807) is 0 Å². The highest BCUT2D eigenvalue weighted by molar-refractivity contribution is 5.69. The van der Waals surface area contributed by atoms with Gasteiger partial charge in [-0.15, -0.1) is 0 Å². The maximum atomic E-state index is 11.0. The maximum Gasteiger partial charge on any atom is 0.305 e. The van der Waals surface area contributed by atoms with E-state index in [9.17, 15) is 4.79 Å². The minimum atomic E-state index is -0.160. The third-order valence-corrected chi connectivity index (χ3v) is 2.58. The topological polar surface area (TPSA) is 54.0 Å². The minimum absolute atomic E-state index is 0.160. The molecule has 0 radical (unpaired) electrons. The van der Waals surface area contributed by atoms with Crippen molar-refractivity contribution in [2.24, 2.45) is 0 Å². The van der Waals surface area contributed by atoms with E-state index in [2.05, 4.69) is 6.92 Å². The summed E-state index contributed by atoms with van der Waals surface area (Å²) in [5.41, 5.74) is 0. The van der Waals surface area contributed by atoms with Gasteiger partial charge in [-0.3, -0.25) is 4.79 Å². The quantitative estimate of drug-likeness (QED) is 0.343. The summed E-state index contributed by atoms with van der Waals surface area (Å²) in [6.45, 7) is 7.97. The number of esters is 1. The average Bonchev–Trinajstić information content (AvgIpc) is 2.44. The summed E-state index contributed by atoms with van der Waals surface area (Å²) in [6, 6.07) is 0. The highest BCUT2D eigenvalue weighted by Gasteiger charge is 1.99. The second-order valence-electron chi connectivity index (χ2n) is 4.51. The number of ether oxygens (including phenoxy) is 4. The lowest BCUT2D eigenvalue weighted by atomic mass is 10.3. The number of carbonyl (C=O) groups is 1. The van der Waals surface area contributed by atoms with Gasteiger partial charge in [0.25, 0.3) is 0 Å². The van der Waals surface area contributed by atoms with Crippen LogP contribution in [-0.2, 0) is 23.7 Å². The molecular formula is C15H30O5. The first-order chi connectivity index (χ1) is 9.81. The van der Waals surface area contributed by atoms with Crippen LogP contribution in [0.15, 0.2) is 0 Å². The molecule has 0 bridgehead atoms. The molecule has 0 amide bonds. The predicted octanol–water partition coefficient (Wildman–Crippen LogP) is 2.57. The standard InChI is InChI=1S/C15H30O5/c1-3-5-6-8-17-9-10-18-11-12-19-13-14-20-15(16)7-4-2/h3-14H2,1-2H3. The zero-order valence-corrected chi connectivity index (χ0v) is 13.0. The van der Waals surface area contributed by atoms with Gasteiger partial charge in [0, 0.05) is 13.0 Å². The summed E-state index contributed by atoms with van der Waals surface area (Å²) >= 11 is 0. The molecule has 20 heavy (non-hydrogen) atoms. The molecule has 120 valence electrons. The van der Waals surface area contributed by atoms with Crippen LogP contribution in [-0.4, -0.2) is 52.2 Å². The lowest BCUT2D eigenvalue weighted by Gasteiger charge is -2.07. The van der Waals surface area contributed by atoms with Crippen LogP contribution in [0.25, 0.3) is 0 Å². The van der Waals surface area contributed by atoms with Crippen LogP contribution in [0.1, 0.15) is 46.0 Å². The molecule has 0 heterocycles. The Kier molecular flexibility index (Phi) is 15.9. The van der Waals surface area contributed by atoms with Gasteiger partial charge in [-0.1, -0.05) is 26.7 Å². The van der Waals surface area contributed by atoms with E-state index < -0.39 is 0 Å². The van der Waals surface area contributed by atoms with Gasteiger partial charge in [-0.25, -0.2) is 0 Å². The molecule has 0 aromatic rings. The van der Waals surface area contributed by atoms with Gasteiger partial charge in [0.2, 0.25) is 0 Å². The van der Waals surface area contributed by atoms with Crippen molar-refractivity contribution in [1.82, 2.24) is 0 Å². The molecule has 5 nitrogen and oxygen atoms in total. The summed E-state index contributed by atoms with van der Waals surface area (Å²) in [7, 11) is 0. The van der Waals surface area contributed by atoms with E-state index in [1.807, 2.05) is 6.92 Å². The fourth-order valence-electron chi connectivity index (χ4n) is 1.49. The Balaban J connectivity index is 3.01. The predicted molar refractivity (Wildman–Crippen MR) is 77.8 cm³/mol. The van der Waals surface area contributed by atoms with Gasteiger partial charge >= 0.3 is 5.97 Å². The molecule has 0 unspecified atom stereocenters. The fraction of sp³-hybridized carbons (Fsp3) is 0.933. The van der Waals surface area contributed by atoms with E-state index in [4.69, 9.17) is 18.9 Å². The van der Waals surface area contributed by atoms with Gasteiger partial charge in [0.15, 0.2) is 0 Å². The SMILES string of the molecule is CCCCCOCCOCCOCCOC(=O)CCC. The van der Waals surface area contributed by atoms with Crippen LogP contribution in [0, 0.1) is 0 Å². The van der Waals surface area contributed by atoms with Crippen molar-refractivity contribution in [2.75, 3.05) is 46.2 Å². The van der Waals surface area contributed by atoms with Gasteiger partial charge in [0.05, 0.1) is 33.0 Å². The number of carbonyl (C=O) groups excluding carboxylic acids is 1. The van der Waals surface area contributed by atoms with E-state index in [1.165, 1.54) is 12.8 Å². The Morgan fingerprint density at radius 3 is 1.80 bits per heavy atom. The summed E-state index contributed by atoms with van der Waals surface area (Å²) in [6.07, 6.45) is 4.84. The zero-order chi connectivity index (χ0) is 14.9. The Hall–Kier alpha value is -0.650. The van der Waals surface area contributed by atoms with Crippen LogP contribution in [0.3, 0.4) is 0 Å². The summed E-state index contributed by atoms with van der Waals surface area (Å²) in [5.74, 6) is -0.160. The Labute approximate surface area is 122 Å². The normalized spacial score (nSPS) is 10.7. The number of hydrogen-bond donors (Lipinski definition) is 0. The summed E-state index contributed by atoms with van der Waals surface area (Å²) in [4.78, 5) is 11.0. The molecule has 0 fully saturated rings. The molecule has 0 aliphatic carbocycles. The van der Waals surface area contributed by atoms with Crippen LogP contribution in [0.2, 0.25) is 0 Å². The first-order valence-electron chi connectivity index (χ1n) is 7.70. The van der Waals surface area contributed by atoms with Crippen molar-refractivity contribution in [3.8, 4) is 0 Å². The lowest BCUT2D eigenvalue weighted by molar-refractivity contribution is -0.145. The Bertz CT molecular complexity index is 208.